The maximum absolute atomic E-state index is 12.5. The minimum Gasteiger partial charge on any atom is -0.342 e. The van der Waals surface area contributed by atoms with Crippen LogP contribution in [0.3, 0.4) is 0 Å². The third kappa shape index (κ3) is 3.05. The lowest BCUT2D eigenvalue weighted by molar-refractivity contribution is 0.0928. The van der Waals surface area contributed by atoms with Gasteiger partial charge in [-0.05, 0) is 44.7 Å². The highest BCUT2D eigenvalue weighted by molar-refractivity contribution is 5.95. The molecule has 2 N–H and O–H groups in total. The van der Waals surface area contributed by atoms with E-state index in [0.29, 0.717) is 23.0 Å². The van der Waals surface area contributed by atoms with Gasteiger partial charge in [-0.25, -0.2) is 9.97 Å². The lowest BCUT2D eigenvalue weighted by Crippen LogP contribution is -2.32. The second kappa shape index (κ2) is 5.71. The van der Waals surface area contributed by atoms with Gasteiger partial charge in [0.05, 0.1) is 11.6 Å². The van der Waals surface area contributed by atoms with Gasteiger partial charge in [-0.1, -0.05) is 0 Å². The summed E-state index contributed by atoms with van der Waals surface area (Å²) in [6.07, 6.45) is 3.84. The summed E-state index contributed by atoms with van der Waals surface area (Å²) in [5, 5.41) is 3.01. The first-order chi connectivity index (χ1) is 10.5. The molecule has 0 radical (unpaired) electrons. The van der Waals surface area contributed by atoms with Crippen LogP contribution in [0.25, 0.3) is 0 Å². The topological polar surface area (TPSA) is 87.7 Å². The van der Waals surface area contributed by atoms with Crippen LogP contribution in [0.1, 0.15) is 46.5 Å². The molecule has 2 heterocycles. The van der Waals surface area contributed by atoms with E-state index >= 15 is 0 Å². The van der Waals surface area contributed by atoms with Crippen molar-refractivity contribution >= 4 is 5.91 Å². The highest BCUT2D eigenvalue weighted by Crippen LogP contribution is 2.40. The number of carbonyl (C=O) groups excluding carboxylic acids is 1. The SMILES string of the molecule is Cc1ccnc(C(NC(=O)c2ccc(=O)[nH]c2C)C2CC2)n1. The zero-order chi connectivity index (χ0) is 15.7. The van der Waals surface area contributed by atoms with Crippen LogP contribution in [-0.2, 0) is 0 Å². The van der Waals surface area contributed by atoms with E-state index in [4.69, 9.17) is 0 Å². The molecule has 1 aliphatic carbocycles. The number of pyridine rings is 1. The van der Waals surface area contributed by atoms with E-state index in [0.717, 1.165) is 18.5 Å². The highest BCUT2D eigenvalue weighted by Gasteiger charge is 2.35. The number of carbonyl (C=O) groups is 1. The van der Waals surface area contributed by atoms with Crippen LogP contribution in [0.4, 0.5) is 0 Å². The Morgan fingerprint density at radius 1 is 1.32 bits per heavy atom. The fourth-order valence-electron chi connectivity index (χ4n) is 2.48. The summed E-state index contributed by atoms with van der Waals surface area (Å²) in [6.45, 7) is 3.62. The van der Waals surface area contributed by atoms with Gasteiger partial charge in [0.1, 0.15) is 0 Å². The molecule has 3 rings (SSSR count). The molecule has 0 bridgehead atoms. The maximum Gasteiger partial charge on any atom is 0.253 e. The quantitative estimate of drug-likeness (QED) is 0.898. The number of aromatic nitrogens is 3. The number of hydrogen-bond acceptors (Lipinski definition) is 4. The summed E-state index contributed by atoms with van der Waals surface area (Å²) in [4.78, 5) is 35.1. The van der Waals surface area contributed by atoms with Gasteiger partial charge in [0, 0.05) is 23.7 Å². The summed E-state index contributed by atoms with van der Waals surface area (Å²) in [5.74, 6) is 0.822. The van der Waals surface area contributed by atoms with Gasteiger partial charge in [0.25, 0.3) is 5.91 Å². The molecule has 1 atom stereocenters. The van der Waals surface area contributed by atoms with Crippen molar-refractivity contribution in [3.8, 4) is 0 Å². The third-order valence-corrected chi connectivity index (χ3v) is 3.83. The van der Waals surface area contributed by atoms with E-state index < -0.39 is 0 Å². The Hall–Kier alpha value is -2.50. The van der Waals surface area contributed by atoms with Gasteiger partial charge in [-0.2, -0.15) is 0 Å². The molecule has 1 fully saturated rings. The molecular weight excluding hydrogens is 280 g/mol. The van der Waals surface area contributed by atoms with Crippen molar-refractivity contribution in [2.45, 2.75) is 32.7 Å². The molecular formula is C16H18N4O2. The smallest absolute Gasteiger partial charge is 0.253 e. The van der Waals surface area contributed by atoms with Crippen LogP contribution in [-0.4, -0.2) is 20.9 Å². The molecule has 0 aliphatic heterocycles. The van der Waals surface area contributed by atoms with Gasteiger partial charge >= 0.3 is 0 Å². The molecule has 114 valence electrons. The number of rotatable bonds is 4. The van der Waals surface area contributed by atoms with Crippen LogP contribution in [0.2, 0.25) is 0 Å². The molecule has 1 unspecified atom stereocenters. The Kier molecular flexibility index (Phi) is 3.75. The fourth-order valence-corrected chi connectivity index (χ4v) is 2.48. The summed E-state index contributed by atoms with van der Waals surface area (Å²) in [7, 11) is 0. The summed E-state index contributed by atoms with van der Waals surface area (Å²) in [6, 6.07) is 4.56. The van der Waals surface area contributed by atoms with E-state index in [1.54, 1.807) is 19.2 Å². The maximum atomic E-state index is 12.5. The summed E-state index contributed by atoms with van der Waals surface area (Å²) in [5.41, 5.74) is 1.70. The first-order valence-corrected chi connectivity index (χ1v) is 7.35. The molecule has 6 heteroatoms. The predicted molar refractivity (Wildman–Crippen MR) is 81.5 cm³/mol. The predicted octanol–water partition coefficient (Wildman–Crippen LogP) is 1.66. The van der Waals surface area contributed by atoms with Crippen molar-refractivity contribution in [1.29, 1.82) is 0 Å². The second-order valence-corrected chi connectivity index (χ2v) is 5.71. The number of amides is 1. The van der Waals surface area contributed by atoms with Crippen LogP contribution in [0.5, 0.6) is 0 Å². The highest BCUT2D eigenvalue weighted by atomic mass is 16.2. The minimum atomic E-state index is -0.213. The van der Waals surface area contributed by atoms with E-state index in [9.17, 15) is 9.59 Å². The normalized spacial score (nSPS) is 15.4. The monoisotopic (exact) mass is 298 g/mol. The second-order valence-electron chi connectivity index (χ2n) is 5.71. The van der Waals surface area contributed by atoms with Crippen LogP contribution in [0.15, 0.2) is 29.2 Å². The van der Waals surface area contributed by atoms with Crippen molar-refractivity contribution < 1.29 is 4.79 Å². The average Bonchev–Trinajstić information content (AvgIpc) is 3.29. The van der Waals surface area contributed by atoms with Gasteiger partial charge in [0.2, 0.25) is 5.56 Å². The van der Waals surface area contributed by atoms with Gasteiger partial charge in [-0.15, -0.1) is 0 Å². The molecule has 22 heavy (non-hydrogen) atoms. The minimum absolute atomic E-state index is 0.182. The molecule has 0 saturated heterocycles. The van der Waals surface area contributed by atoms with E-state index in [1.165, 1.54) is 6.07 Å². The number of hydrogen-bond donors (Lipinski definition) is 2. The van der Waals surface area contributed by atoms with Crippen molar-refractivity contribution in [2.24, 2.45) is 5.92 Å². The van der Waals surface area contributed by atoms with E-state index in [1.807, 2.05) is 13.0 Å². The zero-order valence-corrected chi connectivity index (χ0v) is 12.6. The number of nitrogens with one attached hydrogen (secondary N) is 2. The molecule has 0 aromatic carbocycles. The number of aromatic amines is 1. The Labute approximate surface area is 128 Å². The van der Waals surface area contributed by atoms with Gasteiger partial charge in [0.15, 0.2) is 5.82 Å². The standard InChI is InChI=1S/C16H18N4O2/c1-9-7-8-17-15(18-9)14(11-3-4-11)20-16(22)12-5-6-13(21)19-10(12)2/h5-8,11,14H,3-4H2,1-2H3,(H,19,21)(H,20,22). The molecule has 2 aromatic rings. The Morgan fingerprint density at radius 3 is 2.73 bits per heavy atom. The first kappa shape index (κ1) is 14.4. The molecule has 2 aromatic heterocycles. The Bertz CT molecular complexity index is 765. The fraction of sp³-hybridized carbons (Fsp3) is 0.375. The average molecular weight is 298 g/mol. The largest absolute Gasteiger partial charge is 0.342 e. The van der Waals surface area contributed by atoms with E-state index in [-0.39, 0.29) is 17.5 Å². The third-order valence-electron chi connectivity index (χ3n) is 3.83. The number of nitrogens with zero attached hydrogens (tertiary/aromatic N) is 2. The zero-order valence-electron chi connectivity index (χ0n) is 12.6. The van der Waals surface area contributed by atoms with Crippen molar-refractivity contribution in [3.63, 3.8) is 0 Å². The van der Waals surface area contributed by atoms with Gasteiger partial charge in [-0.3, -0.25) is 9.59 Å². The van der Waals surface area contributed by atoms with Crippen LogP contribution >= 0.6 is 0 Å². The van der Waals surface area contributed by atoms with Crippen LogP contribution in [0, 0.1) is 19.8 Å². The lowest BCUT2D eigenvalue weighted by atomic mass is 10.1. The van der Waals surface area contributed by atoms with Gasteiger partial charge < -0.3 is 10.3 Å². The van der Waals surface area contributed by atoms with Crippen molar-refractivity contribution in [2.75, 3.05) is 0 Å². The molecule has 0 spiro atoms. The number of H-pyrrole nitrogens is 1. The first-order valence-electron chi connectivity index (χ1n) is 7.35. The molecule has 1 aliphatic rings. The molecule has 6 nitrogen and oxygen atoms in total. The number of aryl methyl sites for hydroxylation is 2. The molecule has 1 saturated carbocycles. The summed E-state index contributed by atoms with van der Waals surface area (Å²) >= 11 is 0. The van der Waals surface area contributed by atoms with Crippen LogP contribution < -0.4 is 10.9 Å². The summed E-state index contributed by atoms with van der Waals surface area (Å²) < 4.78 is 0. The van der Waals surface area contributed by atoms with Crippen molar-refractivity contribution in [1.82, 2.24) is 20.3 Å². The Morgan fingerprint density at radius 2 is 2.09 bits per heavy atom. The Balaban J connectivity index is 1.85. The van der Waals surface area contributed by atoms with E-state index in [2.05, 4.69) is 20.3 Å². The van der Waals surface area contributed by atoms with Crippen molar-refractivity contribution in [3.05, 3.63) is 57.5 Å². The lowest BCUT2D eigenvalue weighted by Gasteiger charge is -2.17. The molecule has 1 amide bonds.